The van der Waals surface area contributed by atoms with Gasteiger partial charge in [-0.25, -0.2) is 0 Å². The van der Waals surface area contributed by atoms with Gasteiger partial charge in [-0.3, -0.25) is 9.45 Å². The highest BCUT2D eigenvalue weighted by Gasteiger charge is 2.11. The molecule has 7 heteroatoms. The maximum Gasteiger partial charge on any atom is 0.261 e. The van der Waals surface area contributed by atoms with Gasteiger partial charge in [-0.15, -0.1) is 0 Å². The molecule has 0 aromatic heterocycles. The largest absolute Gasteiger partial charge is 0.395 e. The van der Waals surface area contributed by atoms with Gasteiger partial charge in [0.25, 0.3) is 10.1 Å². The minimum Gasteiger partial charge on any atom is -0.395 e. The lowest BCUT2D eigenvalue weighted by Crippen LogP contribution is -2.45. The van der Waals surface area contributed by atoms with Gasteiger partial charge in [-0.05, 0) is 7.05 Å². The van der Waals surface area contributed by atoms with Crippen molar-refractivity contribution in [2.24, 2.45) is 0 Å². The SMILES string of the molecule is CN1CCN(CCO)CC1.CS(=O)(=O)O. The molecular weight excluding hydrogens is 220 g/mol. The molecule has 2 N–H and O–H groups in total. The second kappa shape index (κ2) is 7.13. The fourth-order valence-electron chi connectivity index (χ4n) is 1.21. The third-order valence-electron chi connectivity index (χ3n) is 2.01. The first-order valence-electron chi connectivity index (χ1n) is 4.77. The number of aliphatic hydroxyl groups is 1. The second-order valence-electron chi connectivity index (χ2n) is 3.60. The maximum atomic E-state index is 9.19. The fourth-order valence-corrected chi connectivity index (χ4v) is 1.21. The first-order valence-corrected chi connectivity index (χ1v) is 6.62. The molecule has 0 aromatic carbocycles. The molecule has 0 atom stereocenters. The number of nitrogens with zero attached hydrogens (tertiary/aromatic N) is 2. The molecule has 1 aliphatic rings. The molecule has 0 aromatic rings. The monoisotopic (exact) mass is 240 g/mol. The van der Waals surface area contributed by atoms with Crippen LogP contribution in [0, 0.1) is 0 Å². The molecule has 0 unspecified atom stereocenters. The van der Waals surface area contributed by atoms with Crippen LogP contribution < -0.4 is 0 Å². The van der Waals surface area contributed by atoms with Gasteiger partial charge in [-0.2, -0.15) is 8.42 Å². The average molecular weight is 240 g/mol. The topological polar surface area (TPSA) is 81.1 Å². The predicted molar refractivity (Wildman–Crippen MR) is 58.5 cm³/mol. The van der Waals surface area contributed by atoms with Crippen molar-refractivity contribution in [3.05, 3.63) is 0 Å². The van der Waals surface area contributed by atoms with Gasteiger partial charge in [0.15, 0.2) is 0 Å². The lowest BCUT2D eigenvalue weighted by Gasteiger charge is -2.31. The molecular formula is C8H20N2O4S. The highest BCUT2D eigenvalue weighted by Crippen LogP contribution is 1.96. The van der Waals surface area contributed by atoms with Crippen molar-refractivity contribution < 1.29 is 18.1 Å². The number of rotatable bonds is 2. The van der Waals surface area contributed by atoms with Gasteiger partial charge < -0.3 is 10.0 Å². The van der Waals surface area contributed by atoms with Crippen molar-refractivity contribution in [1.29, 1.82) is 0 Å². The Morgan fingerprint density at radius 2 is 1.60 bits per heavy atom. The van der Waals surface area contributed by atoms with E-state index < -0.39 is 10.1 Å². The number of hydrogen-bond acceptors (Lipinski definition) is 5. The number of likely N-dealkylation sites (N-methyl/N-ethyl adjacent to an activating group) is 1. The van der Waals surface area contributed by atoms with Crippen molar-refractivity contribution in [3.8, 4) is 0 Å². The molecule has 0 amide bonds. The Balaban J connectivity index is 0.000000336. The standard InChI is InChI=1S/C7H16N2O.CH4O3S/c1-8-2-4-9(5-3-8)6-7-10;1-5(2,3)4/h10H,2-7H2,1H3;1H3,(H,2,3,4). The highest BCUT2D eigenvalue weighted by atomic mass is 32.2. The fraction of sp³-hybridized carbons (Fsp3) is 1.00. The van der Waals surface area contributed by atoms with Gasteiger partial charge in [0.2, 0.25) is 0 Å². The zero-order valence-electron chi connectivity index (χ0n) is 9.26. The molecule has 6 nitrogen and oxygen atoms in total. The summed E-state index contributed by atoms with van der Waals surface area (Å²) in [6, 6.07) is 0. The summed E-state index contributed by atoms with van der Waals surface area (Å²) in [4.78, 5) is 4.61. The van der Waals surface area contributed by atoms with E-state index in [1.165, 1.54) is 0 Å². The minimum absolute atomic E-state index is 0.295. The number of piperazine rings is 1. The van der Waals surface area contributed by atoms with Crippen LogP contribution in [0.1, 0.15) is 0 Å². The molecule has 15 heavy (non-hydrogen) atoms. The van der Waals surface area contributed by atoms with E-state index in [1.54, 1.807) is 0 Å². The van der Waals surface area contributed by atoms with E-state index in [-0.39, 0.29) is 0 Å². The van der Waals surface area contributed by atoms with E-state index in [0.29, 0.717) is 12.9 Å². The van der Waals surface area contributed by atoms with E-state index in [0.717, 1.165) is 32.7 Å². The van der Waals surface area contributed by atoms with Crippen molar-refractivity contribution in [3.63, 3.8) is 0 Å². The quantitative estimate of drug-likeness (QED) is 0.586. The highest BCUT2D eigenvalue weighted by molar-refractivity contribution is 7.85. The van der Waals surface area contributed by atoms with Crippen LogP contribution in [0.15, 0.2) is 0 Å². The van der Waals surface area contributed by atoms with Gasteiger partial charge >= 0.3 is 0 Å². The van der Waals surface area contributed by atoms with Gasteiger partial charge in [0.1, 0.15) is 0 Å². The third-order valence-corrected chi connectivity index (χ3v) is 2.01. The molecule has 1 fully saturated rings. The summed E-state index contributed by atoms with van der Waals surface area (Å²) >= 11 is 0. The Hall–Kier alpha value is -0.210. The first kappa shape index (κ1) is 14.8. The van der Waals surface area contributed by atoms with E-state index in [9.17, 15) is 8.42 Å². The predicted octanol–water partition coefficient (Wildman–Crippen LogP) is -1.27. The van der Waals surface area contributed by atoms with E-state index in [4.69, 9.17) is 9.66 Å². The molecule has 1 heterocycles. The Labute approximate surface area is 91.2 Å². The van der Waals surface area contributed by atoms with E-state index >= 15 is 0 Å². The number of β-amino-alcohol motifs (C(OH)–C–C–N with tert-alkyl or cyclic N) is 1. The van der Waals surface area contributed by atoms with Gasteiger partial charge in [-0.1, -0.05) is 0 Å². The molecule has 0 saturated carbocycles. The Bertz CT molecular complexity index is 239. The third kappa shape index (κ3) is 11.7. The normalized spacial score (nSPS) is 19.5. The van der Waals surface area contributed by atoms with Crippen LogP contribution in [0.4, 0.5) is 0 Å². The number of aliphatic hydroxyl groups excluding tert-OH is 1. The molecule has 1 aliphatic heterocycles. The zero-order valence-corrected chi connectivity index (χ0v) is 10.1. The summed E-state index contributed by atoms with van der Waals surface area (Å²) in [5.74, 6) is 0. The molecule has 1 saturated heterocycles. The maximum absolute atomic E-state index is 9.19. The first-order chi connectivity index (χ1) is 6.83. The van der Waals surface area contributed by atoms with Crippen LogP contribution in [0.25, 0.3) is 0 Å². The Morgan fingerprint density at radius 3 is 1.93 bits per heavy atom. The van der Waals surface area contributed by atoms with Crippen LogP contribution in [-0.2, 0) is 10.1 Å². The van der Waals surface area contributed by atoms with Crippen molar-refractivity contribution in [1.82, 2.24) is 9.80 Å². The van der Waals surface area contributed by atoms with Crippen LogP contribution in [0.3, 0.4) is 0 Å². The van der Waals surface area contributed by atoms with Crippen LogP contribution in [-0.4, -0.2) is 80.5 Å². The van der Waals surface area contributed by atoms with Crippen molar-refractivity contribution >= 4 is 10.1 Å². The molecule has 1 rings (SSSR count). The van der Waals surface area contributed by atoms with E-state index in [2.05, 4.69) is 16.8 Å². The molecule has 0 radical (unpaired) electrons. The van der Waals surface area contributed by atoms with Gasteiger partial charge in [0, 0.05) is 32.7 Å². The second-order valence-corrected chi connectivity index (χ2v) is 5.07. The Morgan fingerprint density at radius 1 is 1.20 bits per heavy atom. The summed E-state index contributed by atoms with van der Waals surface area (Å²) in [6.07, 6.45) is 0.715. The zero-order chi connectivity index (χ0) is 11.9. The summed E-state index contributed by atoms with van der Waals surface area (Å²) in [6.45, 7) is 5.63. The number of hydrogen-bond donors (Lipinski definition) is 2. The van der Waals surface area contributed by atoms with Gasteiger partial charge in [0.05, 0.1) is 12.9 Å². The van der Waals surface area contributed by atoms with Crippen LogP contribution in [0.2, 0.25) is 0 Å². The minimum atomic E-state index is -3.67. The van der Waals surface area contributed by atoms with Crippen LogP contribution in [0.5, 0.6) is 0 Å². The molecule has 0 spiro atoms. The average Bonchev–Trinajstić information content (AvgIpc) is 2.06. The van der Waals surface area contributed by atoms with E-state index in [1.807, 2.05) is 0 Å². The summed E-state index contributed by atoms with van der Waals surface area (Å²) in [5, 5.41) is 8.63. The summed E-state index contributed by atoms with van der Waals surface area (Å²) < 4.78 is 25.9. The summed E-state index contributed by atoms with van der Waals surface area (Å²) in [7, 11) is -1.53. The lowest BCUT2D eigenvalue weighted by atomic mass is 10.3. The van der Waals surface area contributed by atoms with Crippen molar-refractivity contribution in [2.45, 2.75) is 0 Å². The molecule has 0 bridgehead atoms. The summed E-state index contributed by atoms with van der Waals surface area (Å²) in [5.41, 5.74) is 0. The lowest BCUT2D eigenvalue weighted by molar-refractivity contribution is 0.128. The molecule has 92 valence electrons. The smallest absolute Gasteiger partial charge is 0.261 e. The van der Waals surface area contributed by atoms with Crippen LogP contribution >= 0.6 is 0 Å². The molecule has 0 aliphatic carbocycles. The Kier molecular flexibility index (Phi) is 7.03. The van der Waals surface area contributed by atoms with Crippen molar-refractivity contribution in [2.75, 3.05) is 52.6 Å².